The van der Waals surface area contributed by atoms with Crippen LogP contribution in [0.5, 0.6) is 0 Å². The second-order valence-corrected chi connectivity index (χ2v) is 8.02. The van der Waals surface area contributed by atoms with E-state index < -0.39 is 15.1 Å². The van der Waals surface area contributed by atoms with Crippen LogP contribution in [0.25, 0.3) is 0 Å². The molecule has 2 unspecified atom stereocenters. The van der Waals surface area contributed by atoms with Crippen molar-refractivity contribution < 1.29 is 8.42 Å². The van der Waals surface area contributed by atoms with Gasteiger partial charge in [0.05, 0.1) is 17.0 Å². The van der Waals surface area contributed by atoms with Crippen molar-refractivity contribution in [2.75, 3.05) is 12.8 Å². The Morgan fingerprint density at radius 2 is 2.05 bits per heavy atom. The Morgan fingerprint density at radius 1 is 1.32 bits per heavy atom. The summed E-state index contributed by atoms with van der Waals surface area (Å²) in [6.45, 7) is 0. The molecular weight excluding hydrogens is 305 g/mol. The maximum Gasteiger partial charge on any atom is 0.155 e. The lowest BCUT2D eigenvalue weighted by Gasteiger charge is -2.30. The molecule has 106 valence electrons. The van der Waals surface area contributed by atoms with Crippen LogP contribution in [0.4, 0.5) is 0 Å². The van der Waals surface area contributed by atoms with Gasteiger partial charge in [-0.2, -0.15) is 0 Å². The third-order valence-electron chi connectivity index (χ3n) is 3.61. The van der Waals surface area contributed by atoms with Gasteiger partial charge >= 0.3 is 0 Å². The summed E-state index contributed by atoms with van der Waals surface area (Å²) in [6.07, 6.45) is 2.36. The van der Waals surface area contributed by atoms with E-state index in [0.29, 0.717) is 16.5 Å². The Morgan fingerprint density at radius 3 is 2.63 bits per heavy atom. The molecule has 1 aliphatic heterocycles. The van der Waals surface area contributed by atoms with Gasteiger partial charge < -0.3 is 5.32 Å². The number of nitrogens with one attached hydrogen (secondary N) is 1. The van der Waals surface area contributed by atoms with Gasteiger partial charge in [0.1, 0.15) is 0 Å². The van der Waals surface area contributed by atoms with Crippen LogP contribution < -0.4 is 5.32 Å². The molecule has 1 fully saturated rings. The molecular formula is C13H17Cl2NO2S. The fraction of sp³-hybridized carbons (Fsp3) is 0.538. The maximum atomic E-state index is 12.2. The van der Waals surface area contributed by atoms with E-state index in [1.54, 1.807) is 25.2 Å². The Kier molecular flexibility index (Phi) is 4.77. The third-order valence-corrected chi connectivity index (χ3v) is 6.46. The molecule has 0 amide bonds. The van der Waals surface area contributed by atoms with Crippen LogP contribution in [0.3, 0.4) is 0 Å². The first-order valence-corrected chi connectivity index (χ1v) is 8.76. The number of hydrogen-bond acceptors (Lipinski definition) is 3. The zero-order valence-corrected chi connectivity index (χ0v) is 13.0. The first-order chi connectivity index (χ1) is 8.95. The van der Waals surface area contributed by atoms with E-state index >= 15 is 0 Å². The highest BCUT2D eigenvalue weighted by Crippen LogP contribution is 2.34. The van der Waals surface area contributed by atoms with Crippen molar-refractivity contribution in [2.24, 2.45) is 0 Å². The highest BCUT2D eigenvalue weighted by atomic mass is 35.5. The predicted molar refractivity (Wildman–Crippen MR) is 79.7 cm³/mol. The van der Waals surface area contributed by atoms with Gasteiger partial charge in [-0.15, -0.1) is 0 Å². The molecule has 2 atom stereocenters. The van der Waals surface area contributed by atoms with E-state index in [1.165, 1.54) is 0 Å². The fourth-order valence-electron chi connectivity index (χ4n) is 2.65. The molecule has 1 aromatic rings. The van der Waals surface area contributed by atoms with Crippen LogP contribution >= 0.6 is 23.2 Å². The summed E-state index contributed by atoms with van der Waals surface area (Å²) >= 11 is 12.1. The number of sulfone groups is 1. The topological polar surface area (TPSA) is 46.2 Å². The van der Waals surface area contributed by atoms with E-state index in [9.17, 15) is 8.42 Å². The van der Waals surface area contributed by atoms with Gasteiger partial charge in [-0.1, -0.05) is 35.7 Å². The molecule has 6 heteroatoms. The minimum Gasteiger partial charge on any atom is -0.312 e. The summed E-state index contributed by atoms with van der Waals surface area (Å²) in [5.74, 6) is 0.265. The molecule has 3 nitrogen and oxygen atoms in total. The van der Waals surface area contributed by atoms with Gasteiger partial charge in [0, 0.05) is 10.0 Å². The monoisotopic (exact) mass is 321 g/mol. The van der Waals surface area contributed by atoms with E-state index in [1.807, 2.05) is 0 Å². The summed E-state index contributed by atoms with van der Waals surface area (Å²) in [6, 6.07) is 4.91. The standard InChI is InChI=1S/C13H17Cl2NO2S/c1-16-13(10-6-5-9(14)8-11(10)15)12-4-2-3-7-19(12,17)18/h5-6,8,12-13,16H,2-4,7H2,1H3. The molecule has 1 aliphatic rings. The summed E-state index contributed by atoms with van der Waals surface area (Å²) in [5, 5.41) is 3.74. The number of halogens is 2. The quantitative estimate of drug-likeness (QED) is 0.929. The molecule has 0 radical (unpaired) electrons. The summed E-state index contributed by atoms with van der Waals surface area (Å²) in [7, 11) is -1.30. The molecule has 0 aliphatic carbocycles. The highest BCUT2D eigenvalue weighted by Gasteiger charge is 2.36. The second kappa shape index (κ2) is 6.00. The van der Waals surface area contributed by atoms with Gasteiger partial charge in [-0.05, 0) is 37.6 Å². The van der Waals surface area contributed by atoms with Crippen molar-refractivity contribution in [3.05, 3.63) is 33.8 Å². The molecule has 1 saturated heterocycles. The number of hydrogen-bond donors (Lipinski definition) is 1. The minimum atomic E-state index is -3.06. The first kappa shape index (κ1) is 15.1. The second-order valence-electron chi connectivity index (χ2n) is 4.83. The van der Waals surface area contributed by atoms with Gasteiger partial charge in [0.15, 0.2) is 9.84 Å². The van der Waals surface area contributed by atoms with Gasteiger partial charge in [-0.3, -0.25) is 0 Å². The van der Waals surface area contributed by atoms with E-state index in [0.717, 1.165) is 18.4 Å². The van der Waals surface area contributed by atoms with Crippen molar-refractivity contribution in [2.45, 2.75) is 30.6 Å². The largest absolute Gasteiger partial charge is 0.312 e. The molecule has 0 bridgehead atoms. The van der Waals surface area contributed by atoms with Crippen molar-refractivity contribution >= 4 is 33.0 Å². The third kappa shape index (κ3) is 3.24. The zero-order valence-electron chi connectivity index (χ0n) is 10.7. The van der Waals surface area contributed by atoms with Crippen LogP contribution in [-0.4, -0.2) is 26.5 Å². The average molecular weight is 322 g/mol. The Hall–Kier alpha value is -0.290. The zero-order chi connectivity index (χ0) is 14.0. The Bertz CT molecular complexity index is 560. The van der Waals surface area contributed by atoms with Crippen molar-refractivity contribution in [3.8, 4) is 0 Å². The van der Waals surface area contributed by atoms with E-state index in [4.69, 9.17) is 23.2 Å². The van der Waals surface area contributed by atoms with E-state index in [2.05, 4.69) is 5.32 Å². The van der Waals surface area contributed by atoms with Crippen LogP contribution in [0.15, 0.2) is 18.2 Å². The molecule has 2 rings (SSSR count). The van der Waals surface area contributed by atoms with Crippen molar-refractivity contribution in [3.63, 3.8) is 0 Å². The average Bonchev–Trinajstić information content (AvgIpc) is 2.34. The number of rotatable bonds is 3. The van der Waals surface area contributed by atoms with Crippen molar-refractivity contribution in [1.29, 1.82) is 0 Å². The van der Waals surface area contributed by atoms with Crippen LogP contribution in [0.1, 0.15) is 30.9 Å². The molecule has 0 saturated carbocycles. The summed E-state index contributed by atoms with van der Waals surface area (Å²) in [4.78, 5) is 0. The smallest absolute Gasteiger partial charge is 0.155 e. The van der Waals surface area contributed by atoms with Crippen LogP contribution in [0.2, 0.25) is 10.0 Å². The van der Waals surface area contributed by atoms with E-state index in [-0.39, 0.29) is 11.8 Å². The van der Waals surface area contributed by atoms with Gasteiger partial charge in [0.2, 0.25) is 0 Å². The number of benzene rings is 1. The molecule has 1 aromatic carbocycles. The lowest BCUT2D eigenvalue weighted by atomic mass is 9.99. The Balaban J connectivity index is 2.39. The van der Waals surface area contributed by atoms with Gasteiger partial charge in [-0.25, -0.2) is 8.42 Å². The van der Waals surface area contributed by atoms with Crippen LogP contribution in [-0.2, 0) is 9.84 Å². The molecule has 1 N–H and O–H groups in total. The predicted octanol–water partition coefficient (Wildman–Crippen LogP) is 3.22. The lowest BCUT2D eigenvalue weighted by molar-refractivity contribution is 0.469. The fourth-order valence-corrected chi connectivity index (χ4v) is 5.31. The Labute approximate surface area is 124 Å². The van der Waals surface area contributed by atoms with Crippen LogP contribution in [0, 0.1) is 0 Å². The molecule has 1 heterocycles. The molecule has 19 heavy (non-hydrogen) atoms. The molecule has 0 aromatic heterocycles. The minimum absolute atomic E-state index is 0.265. The highest BCUT2D eigenvalue weighted by molar-refractivity contribution is 7.92. The summed E-state index contributed by atoms with van der Waals surface area (Å²) in [5.41, 5.74) is 0.795. The first-order valence-electron chi connectivity index (χ1n) is 6.29. The van der Waals surface area contributed by atoms with Crippen molar-refractivity contribution in [1.82, 2.24) is 5.32 Å². The maximum absolute atomic E-state index is 12.2. The molecule has 0 spiro atoms. The SMILES string of the molecule is CNC(c1ccc(Cl)cc1Cl)C1CCCCS1(=O)=O. The lowest BCUT2D eigenvalue weighted by Crippen LogP contribution is -2.39. The summed E-state index contributed by atoms with van der Waals surface area (Å²) < 4.78 is 24.4. The van der Waals surface area contributed by atoms with Gasteiger partial charge in [0.25, 0.3) is 0 Å². The normalized spacial score (nSPS) is 24.1.